The van der Waals surface area contributed by atoms with Crippen LogP contribution in [0.2, 0.25) is 0 Å². The van der Waals surface area contributed by atoms with Gasteiger partial charge in [0.2, 0.25) is 0 Å². The predicted molar refractivity (Wildman–Crippen MR) is 78.9 cm³/mol. The molecule has 4 nitrogen and oxygen atoms in total. The lowest BCUT2D eigenvalue weighted by Gasteiger charge is -2.08. The topological polar surface area (TPSA) is 65.5 Å². The summed E-state index contributed by atoms with van der Waals surface area (Å²) in [7, 11) is 1.53. The minimum Gasteiger partial charge on any atom is -0.493 e. The fraction of sp³-hybridized carbons (Fsp3) is 0.0625. The fourth-order valence-electron chi connectivity index (χ4n) is 2.17. The zero-order valence-electron chi connectivity index (χ0n) is 10.9. The first kappa shape index (κ1) is 12.3. The molecule has 0 aliphatic carbocycles. The van der Waals surface area contributed by atoms with Crippen LogP contribution in [0.15, 0.2) is 57.7 Å². The Hall–Kier alpha value is -2.75. The number of fused-ring (bicyclic) bond motifs is 1. The van der Waals surface area contributed by atoms with Gasteiger partial charge in [-0.1, -0.05) is 30.3 Å². The summed E-state index contributed by atoms with van der Waals surface area (Å²) < 4.78 is 11.1. The number of hydrogen-bond acceptors (Lipinski definition) is 4. The van der Waals surface area contributed by atoms with Crippen LogP contribution in [0.4, 0.5) is 5.69 Å². The fourth-order valence-corrected chi connectivity index (χ4v) is 2.17. The van der Waals surface area contributed by atoms with Crippen molar-refractivity contribution in [1.29, 1.82) is 0 Å². The second-order valence-electron chi connectivity index (χ2n) is 4.40. The first-order chi connectivity index (χ1) is 9.70. The van der Waals surface area contributed by atoms with Crippen LogP contribution in [0.25, 0.3) is 22.3 Å². The molecule has 3 rings (SSSR count). The van der Waals surface area contributed by atoms with Gasteiger partial charge < -0.3 is 14.9 Å². The lowest BCUT2D eigenvalue weighted by molar-refractivity contribution is 0.410. The molecule has 100 valence electrons. The molecule has 4 heteroatoms. The highest BCUT2D eigenvalue weighted by Crippen LogP contribution is 2.31. The Morgan fingerprint density at radius 1 is 1.10 bits per heavy atom. The minimum absolute atomic E-state index is 0.179. The number of nitrogens with two attached hydrogens (primary N) is 1. The van der Waals surface area contributed by atoms with E-state index in [1.807, 2.05) is 30.3 Å². The summed E-state index contributed by atoms with van der Waals surface area (Å²) in [5.41, 5.74) is 7.26. The van der Waals surface area contributed by atoms with Gasteiger partial charge >= 0.3 is 0 Å². The molecule has 0 atom stereocenters. The summed E-state index contributed by atoms with van der Waals surface area (Å²) >= 11 is 0. The smallest absolute Gasteiger partial charge is 0.195 e. The van der Waals surface area contributed by atoms with Crippen molar-refractivity contribution in [2.24, 2.45) is 0 Å². The summed E-state index contributed by atoms with van der Waals surface area (Å²) in [6, 6.07) is 14.2. The van der Waals surface area contributed by atoms with Crippen molar-refractivity contribution in [2.45, 2.75) is 0 Å². The van der Waals surface area contributed by atoms with Crippen molar-refractivity contribution >= 4 is 16.7 Å². The van der Waals surface area contributed by atoms with Gasteiger partial charge in [-0.05, 0) is 12.1 Å². The maximum atomic E-state index is 12.3. The Morgan fingerprint density at radius 2 is 1.85 bits per heavy atom. The van der Waals surface area contributed by atoms with Crippen molar-refractivity contribution in [1.82, 2.24) is 0 Å². The van der Waals surface area contributed by atoms with Crippen LogP contribution in [0, 0.1) is 0 Å². The minimum atomic E-state index is -0.179. The molecule has 20 heavy (non-hydrogen) atoms. The molecule has 1 aromatic heterocycles. The van der Waals surface area contributed by atoms with Gasteiger partial charge in [-0.3, -0.25) is 4.79 Å². The third kappa shape index (κ3) is 1.91. The molecule has 0 amide bonds. The van der Waals surface area contributed by atoms with E-state index in [9.17, 15) is 4.79 Å². The lowest BCUT2D eigenvalue weighted by Crippen LogP contribution is -2.04. The Morgan fingerprint density at radius 3 is 2.55 bits per heavy atom. The predicted octanol–water partition coefficient (Wildman–Crippen LogP) is 3.05. The van der Waals surface area contributed by atoms with E-state index in [2.05, 4.69) is 0 Å². The summed E-state index contributed by atoms with van der Waals surface area (Å²) in [6.45, 7) is 0. The number of methoxy groups -OCH3 is 1. The number of rotatable bonds is 2. The van der Waals surface area contributed by atoms with Crippen LogP contribution in [-0.4, -0.2) is 7.11 Å². The molecule has 0 spiro atoms. The molecular weight excluding hydrogens is 254 g/mol. The van der Waals surface area contributed by atoms with Crippen molar-refractivity contribution in [3.8, 4) is 17.1 Å². The van der Waals surface area contributed by atoms with E-state index in [0.29, 0.717) is 28.2 Å². The zero-order chi connectivity index (χ0) is 14.1. The number of ether oxygens (including phenoxy) is 1. The van der Waals surface area contributed by atoms with Crippen LogP contribution in [0.1, 0.15) is 0 Å². The molecule has 0 fully saturated rings. The Bertz CT molecular complexity index is 822. The second-order valence-corrected chi connectivity index (χ2v) is 4.40. The lowest BCUT2D eigenvalue weighted by atomic mass is 10.1. The van der Waals surface area contributed by atoms with Gasteiger partial charge in [0.05, 0.1) is 12.5 Å². The largest absolute Gasteiger partial charge is 0.493 e. The molecule has 0 unspecified atom stereocenters. The van der Waals surface area contributed by atoms with Gasteiger partial charge in [-0.25, -0.2) is 0 Å². The average Bonchev–Trinajstić information content (AvgIpc) is 2.48. The molecule has 0 saturated heterocycles. The van der Waals surface area contributed by atoms with Crippen molar-refractivity contribution in [3.05, 3.63) is 58.8 Å². The Labute approximate surface area is 115 Å². The van der Waals surface area contributed by atoms with E-state index in [0.717, 1.165) is 5.56 Å². The molecule has 2 N–H and O–H groups in total. The van der Waals surface area contributed by atoms with Gasteiger partial charge in [0, 0.05) is 17.3 Å². The molecule has 3 aromatic rings. The van der Waals surface area contributed by atoms with Gasteiger partial charge in [0.1, 0.15) is 5.76 Å². The molecule has 0 radical (unpaired) electrons. The molecule has 0 saturated carbocycles. The molecule has 2 aromatic carbocycles. The first-order valence-corrected chi connectivity index (χ1v) is 6.16. The van der Waals surface area contributed by atoms with Crippen LogP contribution < -0.4 is 15.9 Å². The normalized spacial score (nSPS) is 10.7. The average molecular weight is 267 g/mol. The van der Waals surface area contributed by atoms with Crippen LogP contribution in [-0.2, 0) is 0 Å². The van der Waals surface area contributed by atoms with Crippen molar-refractivity contribution in [3.63, 3.8) is 0 Å². The Kier molecular flexibility index (Phi) is 2.91. The number of hydrogen-bond donors (Lipinski definition) is 1. The summed E-state index contributed by atoms with van der Waals surface area (Å²) in [6.07, 6.45) is 0. The van der Waals surface area contributed by atoms with E-state index < -0.39 is 0 Å². The third-order valence-corrected chi connectivity index (χ3v) is 3.15. The van der Waals surface area contributed by atoms with Gasteiger partial charge in [0.15, 0.2) is 16.8 Å². The van der Waals surface area contributed by atoms with Gasteiger partial charge in [0.25, 0.3) is 0 Å². The SMILES string of the molecule is COc1ccc(N)c2c(=O)cc(-c3ccccc3)oc12. The van der Waals surface area contributed by atoms with E-state index in [4.69, 9.17) is 14.9 Å². The summed E-state index contributed by atoms with van der Waals surface area (Å²) in [5, 5.41) is 0.351. The highest BCUT2D eigenvalue weighted by molar-refractivity contribution is 5.93. The van der Waals surface area contributed by atoms with E-state index in [1.165, 1.54) is 13.2 Å². The van der Waals surface area contributed by atoms with Gasteiger partial charge in [-0.15, -0.1) is 0 Å². The van der Waals surface area contributed by atoms with Crippen molar-refractivity contribution in [2.75, 3.05) is 12.8 Å². The molecule has 0 aliphatic rings. The highest BCUT2D eigenvalue weighted by atomic mass is 16.5. The van der Waals surface area contributed by atoms with E-state index in [-0.39, 0.29) is 5.43 Å². The monoisotopic (exact) mass is 267 g/mol. The van der Waals surface area contributed by atoms with E-state index >= 15 is 0 Å². The number of benzene rings is 2. The standard InChI is InChI=1S/C16H13NO3/c1-19-13-8-7-11(17)15-12(18)9-14(20-16(13)15)10-5-3-2-4-6-10/h2-9H,17H2,1H3. The first-order valence-electron chi connectivity index (χ1n) is 6.16. The molecule has 0 aliphatic heterocycles. The summed E-state index contributed by atoms with van der Waals surface area (Å²) in [5.74, 6) is 0.982. The Balaban J connectivity index is 2.37. The summed E-state index contributed by atoms with van der Waals surface area (Å²) in [4.78, 5) is 12.3. The number of anilines is 1. The quantitative estimate of drug-likeness (QED) is 0.725. The maximum absolute atomic E-state index is 12.3. The van der Waals surface area contributed by atoms with Crippen LogP contribution in [0.3, 0.4) is 0 Å². The van der Waals surface area contributed by atoms with Crippen LogP contribution in [0.5, 0.6) is 5.75 Å². The molecular formula is C16H13NO3. The molecule has 0 bridgehead atoms. The van der Waals surface area contributed by atoms with Crippen molar-refractivity contribution < 1.29 is 9.15 Å². The zero-order valence-corrected chi connectivity index (χ0v) is 10.9. The van der Waals surface area contributed by atoms with E-state index in [1.54, 1.807) is 12.1 Å². The van der Waals surface area contributed by atoms with Gasteiger partial charge in [-0.2, -0.15) is 0 Å². The number of nitrogen functional groups attached to an aromatic ring is 1. The van der Waals surface area contributed by atoms with Crippen LogP contribution >= 0.6 is 0 Å². The maximum Gasteiger partial charge on any atom is 0.195 e. The highest BCUT2D eigenvalue weighted by Gasteiger charge is 2.13. The second kappa shape index (κ2) is 4.74. The molecule has 1 heterocycles. The third-order valence-electron chi connectivity index (χ3n) is 3.15.